The highest BCUT2D eigenvalue weighted by molar-refractivity contribution is 7.99. The molecule has 0 radical (unpaired) electrons. The summed E-state index contributed by atoms with van der Waals surface area (Å²) < 4.78 is 0. The third kappa shape index (κ3) is 4.04. The molecule has 3 aromatic rings. The lowest BCUT2D eigenvalue weighted by Gasteiger charge is -2.11. The van der Waals surface area contributed by atoms with Crippen molar-refractivity contribution in [3.05, 3.63) is 90.5 Å². The second-order valence-corrected chi connectivity index (χ2v) is 6.51. The van der Waals surface area contributed by atoms with Crippen molar-refractivity contribution in [2.24, 2.45) is 0 Å². The van der Waals surface area contributed by atoms with Crippen molar-refractivity contribution in [3.8, 4) is 0 Å². The van der Waals surface area contributed by atoms with Crippen LogP contribution >= 0.6 is 11.8 Å². The van der Waals surface area contributed by atoms with Crippen molar-refractivity contribution in [3.63, 3.8) is 0 Å². The quantitative estimate of drug-likeness (QED) is 0.462. The van der Waals surface area contributed by atoms with Gasteiger partial charge in [0.05, 0.1) is 0 Å². The van der Waals surface area contributed by atoms with E-state index >= 15 is 0 Å². The van der Waals surface area contributed by atoms with Gasteiger partial charge in [-0.15, -0.1) is 18.3 Å². The zero-order valence-corrected chi connectivity index (χ0v) is 14.0. The summed E-state index contributed by atoms with van der Waals surface area (Å²) in [7, 11) is 0. The summed E-state index contributed by atoms with van der Waals surface area (Å²) >= 11 is 1.84. The Morgan fingerprint density at radius 2 is 1.52 bits per heavy atom. The van der Waals surface area contributed by atoms with Crippen LogP contribution in [-0.2, 0) is 13.1 Å². The Morgan fingerprint density at radius 3 is 2.43 bits per heavy atom. The summed E-state index contributed by atoms with van der Waals surface area (Å²) in [5.41, 5.74) is 2.69. The average molecular weight is 319 g/mol. The van der Waals surface area contributed by atoms with E-state index in [1.165, 1.54) is 26.8 Å². The van der Waals surface area contributed by atoms with Gasteiger partial charge < -0.3 is 5.32 Å². The molecule has 0 saturated carbocycles. The molecular formula is C21H21NS. The van der Waals surface area contributed by atoms with Gasteiger partial charge in [0.1, 0.15) is 0 Å². The molecule has 3 rings (SSSR count). The molecule has 1 N–H and O–H groups in total. The minimum atomic E-state index is 0.877. The number of thioether (sulfide) groups is 1. The van der Waals surface area contributed by atoms with Gasteiger partial charge in [0.15, 0.2) is 0 Å². The number of hydrogen-bond donors (Lipinski definition) is 1. The summed E-state index contributed by atoms with van der Waals surface area (Å²) in [6.45, 7) is 5.56. The van der Waals surface area contributed by atoms with E-state index in [0.29, 0.717) is 0 Å². The van der Waals surface area contributed by atoms with Crippen molar-refractivity contribution < 1.29 is 0 Å². The van der Waals surface area contributed by atoms with Crippen LogP contribution in [0.5, 0.6) is 0 Å². The summed E-state index contributed by atoms with van der Waals surface area (Å²) in [5.74, 6) is 0.945. The summed E-state index contributed by atoms with van der Waals surface area (Å²) in [4.78, 5) is 1.33. The Labute approximate surface area is 142 Å². The highest BCUT2D eigenvalue weighted by Gasteiger charge is 2.03. The van der Waals surface area contributed by atoms with Gasteiger partial charge in [-0.2, -0.15) is 0 Å². The Bertz CT molecular complexity index is 789. The zero-order chi connectivity index (χ0) is 15.9. The molecule has 0 aromatic heterocycles. The first kappa shape index (κ1) is 15.9. The summed E-state index contributed by atoms with van der Waals surface area (Å²) in [5, 5.41) is 6.22. The van der Waals surface area contributed by atoms with E-state index in [4.69, 9.17) is 0 Å². The van der Waals surface area contributed by atoms with Crippen LogP contribution in [-0.4, -0.2) is 5.75 Å². The lowest BCUT2D eigenvalue weighted by atomic mass is 10.0. The summed E-state index contributed by atoms with van der Waals surface area (Å²) in [6, 6.07) is 23.6. The maximum absolute atomic E-state index is 3.80. The molecule has 116 valence electrons. The molecule has 1 nitrogen and oxygen atoms in total. The second kappa shape index (κ2) is 8.00. The van der Waals surface area contributed by atoms with E-state index in [1.54, 1.807) is 0 Å². The SMILES string of the molecule is C=CCSc1ccccc1CNCc1cccc2ccccc12. The Morgan fingerprint density at radius 1 is 0.826 bits per heavy atom. The van der Waals surface area contributed by atoms with Gasteiger partial charge in [-0.05, 0) is 28.0 Å². The normalized spacial score (nSPS) is 10.8. The van der Waals surface area contributed by atoms with Crippen LogP contribution in [0, 0.1) is 0 Å². The number of nitrogens with one attached hydrogen (secondary N) is 1. The van der Waals surface area contributed by atoms with Crippen LogP contribution in [0.1, 0.15) is 11.1 Å². The first-order chi connectivity index (χ1) is 11.4. The fraction of sp³-hybridized carbons (Fsp3) is 0.143. The first-order valence-corrected chi connectivity index (χ1v) is 8.86. The van der Waals surface area contributed by atoms with Gasteiger partial charge in [-0.1, -0.05) is 66.7 Å². The zero-order valence-electron chi connectivity index (χ0n) is 13.2. The van der Waals surface area contributed by atoms with Crippen molar-refractivity contribution in [2.75, 3.05) is 5.75 Å². The van der Waals surface area contributed by atoms with E-state index in [0.717, 1.165) is 18.8 Å². The van der Waals surface area contributed by atoms with Gasteiger partial charge in [0.2, 0.25) is 0 Å². The molecule has 0 heterocycles. The highest BCUT2D eigenvalue weighted by Crippen LogP contribution is 2.23. The second-order valence-electron chi connectivity index (χ2n) is 5.45. The van der Waals surface area contributed by atoms with Crippen molar-refractivity contribution in [1.82, 2.24) is 5.32 Å². The predicted molar refractivity (Wildman–Crippen MR) is 102 cm³/mol. The average Bonchev–Trinajstić information content (AvgIpc) is 2.61. The topological polar surface area (TPSA) is 12.0 Å². The molecule has 23 heavy (non-hydrogen) atoms. The van der Waals surface area contributed by atoms with E-state index in [9.17, 15) is 0 Å². The van der Waals surface area contributed by atoms with E-state index in [2.05, 4.69) is 78.6 Å². The van der Waals surface area contributed by atoms with Crippen LogP contribution in [0.3, 0.4) is 0 Å². The lowest BCUT2D eigenvalue weighted by Crippen LogP contribution is -2.13. The number of rotatable bonds is 7. The fourth-order valence-electron chi connectivity index (χ4n) is 2.72. The molecule has 3 aromatic carbocycles. The van der Waals surface area contributed by atoms with Crippen molar-refractivity contribution in [2.45, 2.75) is 18.0 Å². The third-order valence-corrected chi connectivity index (χ3v) is 4.95. The van der Waals surface area contributed by atoms with E-state index < -0.39 is 0 Å². The fourth-order valence-corrected chi connectivity index (χ4v) is 3.52. The molecule has 0 aliphatic carbocycles. The molecular weight excluding hydrogens is 298 g/mol. The highest BCUT2D eigenvalue weighted by atomic mass is 32.2. The molecule has 0 bridgehead atoms. The lowest BCUT2D eigenvalue weighted by molar-refractivity contribution is 0.689. The minimum absolute atomic E-state index is 0.877. The van der Waals surface area contributed by atoms with E-state index in [-0.39, 0.29) is 0 Å². The van der Waals surface area contributed by atoms with E-state index in [1.807, 2.05) is 17.8 Å². The minimum Gasteiger partial charge on any atom is -0.309 e. The molecule has 0 aliphatic heterocycles. The van der Waals surface area contributed by atoms with Gasteiger partial charge >= 0.3 is 0 Å². The van der Waals surface area contributed by atoms with Gasteiger partial charge in [-0.3, -0.25) is 0 Å². The van der Waals surface area contributed by atoms with Crippen LogP contribution < -0.4 is 5.32 Å². The number of hydrogen-bond acceptors (Lipinski definition) is 2. The van der Waals surface area contributed by atoms with Gasteiger partial charge in [-0.25, -0.2) is 0 Å². The van der Waals surface area contributed by atoms with Crippen molar-refractivity contribution >= 4 is 22.5 Å². The maximum atomic E-state index is 3.80. The van der Waals surface area contributed by atoms with Gasteiger partial charge in [0.25, 0.3) is 0 Å². The molecule has 0 fully saturated rings. The molecule has 0 aliphatic rings. The number of benzene rings is 3. The molecule has 2 heteroatoms. The molecule has 0 unspecified atom stereocenters. The van der Waals surface area contributed by atoms with Crippen LogP contribution in [0.2, 0.25) is 0 Å². The predicted octanol–water partition coefficient (Wildman–Crippen LogP) is 5.41. The Kier molecular flexibility index (Phi) is 5.51. The van der Waals surface area contributed by atoms with Crippen LogP contribution in [0.4, 0.5) is 0 Å². The Hall–Kier alpha value is -2.03. The molecule has 0 amide bonds. The monoisotopic (exact) mass is 319 g/mol. The van der Waals surface area contributed by atoms with Gasteiger partial charge in [0, 0.05) is 23.7 Å². The molecule has 0 atom stereocenters. The smallest absolute Gasteiger partial charge is 0.0219 e. The summed E-state index contributed by atoms with van der Waals surface area (Å²) in [6.07, 6.45) is 1.95. The number of fused-ring (bicyclic) bond motifs is 1. The maximum Gasteiger partial charge on any atom is 0.0219 e. The van der Waals surface area contributed by atoms with Crippen LogP contribution in [0.15, 0.2) is 84.3 Å². The third-order valence-electron chi connectivity index (χ3n) is 3.84. The first-order valence-electron chi connectivity index (χ1n) is 7.87. The van der Waals surface area contributed by atoms with Crippen LogP contribution in [0.25, 0.3) is 10.8 Å². The largest absolute Gasteiger partial charge is 0.309 e. The Balaban J connectivity index is 1.68. The molecule has 0 saturated heterocycles. The molecule has 0 spiro atoms. The standard InChI is InChI=1S/C21H21NS/c1-2-14-23-21-13-6-4-9-19(21)16-22-15-18-11-7-10-17-8-3-5-12-20(17)18/h2-13,22H,1,14-16H2. The van der Waals surface area contributed by atoms with Crippen molar-refractivity contribution in [1.29, 1.82) is 0 Å².